The topological polar surface area (TPSA) is 47.0 Å². The second kappa shape index (κ2) is 6.29. The van der Waals surface area contributed by atoms with Gasteiger partial charge in [0.1, 0.15) is 0 Å². The second-order valence-electron chi connectivity index (χ2n) is 4.82. The van der Waals surface area contributed by atoms with Gasteiger partial charge in [-0.15, -0.1) is 0 Å². The van der Waals surface area contributed by atoms with E-state index >= 15 is 0 Å². The van der Waals surface area contributed by atoms with E-state index in [1.165, 1.54) is 5.56 Å². The van der Waals surface area contributed by atoms with Crippen LogP contribution in [0, 0.1) is 0 Å². The van der Waals surface area contributed by atoms with Crippen molar-refractivity contribution in [1.29, 1.82) is 0 Å². The molecule has 0 spiro atoms. The molecule has 0 bridgehead atoms. The summed E-state index contributed by atoms with van der Waals surface area (Å²) >= 11 is 0.00193. The summed E-state index contributed by atoms with van der Waals surface area (Å²) < 4.78 is 14.2. The Morgan fingerprint density at radius 1 is 1.14 bits per heavy atom. The summed E-state index contributed by atoms with van der Waals surface area (Å²) in [5.74, 6) is 0.880. The summed E-state index contributed by atoms with van der Waals surface area (Å²) in [7, 11) is 1.69. The molecule has 0 aliphatic rings. The van der Waals surface area contributed by atoms with Crippen molar-refractivity contribution in [3.05, 3.63) is 48.0 Å². The van der Waals surface area contributed by atoms with E-state index in [1.54, 1.807) is 7.11 Å². The molecule has 2 aromatic carbocycles. The molecule has 4 nitrogen and oxygen atoms in total. The quantitative estimate of drug-likeness (QED) is 0.721. The van der Waals surface area contributed by atoms with Gasteiger partial charge >= 0.3 is 130 Å². The Balaban J connectivity index is 1.88. The van der Waals surface area contributed by atoms with E-state index in [2.05, 4.69) is 38.4 Å². The van der Waals surface area contributed by atoms with Crippen molar-refractivity contribution in [1.82, 2.24) is 7.96 Å². The van der Waals surface area contributed by atoms with Gasteiger partial charge in [-0.25, -0.2) is 0 Å². The fourth-order valence-corrected chi connectivity index (χ4v) is 3.52. The van der Waals surface area contributed by atoms with E-state index in [9.17, 15) is 0 Å². The van der Waals surface area contributed by atoms with E-state index in [-0.39, 0.29) is 21.0 Å². The average molecular weight is 346 g/mol. The second-order valence-corrected chi connectivity index (χ2v) is 5.92. The zero-order chi connectivity index (χ0) is 14.7. The molecular formula is C16H17N3OSe. The number of fused-ring (bicyclic) bond motifs is 1. The molecule has 3 aromatic rings. The number of benzene rings is 2. The molecule has 21 heavy (non-hydrogen) atoms. The molecule has 0 radical (unpaired) electrons. The first-order chi connectivity index (χ1) is 10.3. The van der Waals surface area contributed by atoms with Crippen LogP contribution in [0.5, 0.6) is 5.75 Å². The molecule has 0 aliphatic heterocycles. The average Bonchev–Trinajstić information content (AvgIpc) is 3.02. The molecule has 1 aromatic heterocycles. The van der Waals surface area contributed by atoms with Gasteiger partial charge in [0.2, 0.25) is 0 Å². The maximum absolute atomic E-state index is 5.22. The van der Waals surface area contributed by atoms with Gasteiger partial charge in [-0.2, -0.15) is 0 Å². The zero-order valence-electron chi connectivity index (χ0n) is 12.0. The number of hydrogen-bond donors (Lipinski definition) is 1. The molecule has 3 rings (SSSR count). The Morgan fingerprint density at radius 2 is 1.95 bits per heavy atom. The molecule has 0 aliphatic carbocycles. The molecule has 0 saturated heterocycles. The normalized spacial score (nSPS) is 12.3. The molecule has 108 valence electrons. The Morgan fingerprint density at radius 3 is 2.67 bits per heavy atom. The van der Waals surface area contributed by atoms with Crippen LogP contribution in [0.4, 0.5) is 5.69 Å². The van der Waals surface area contributed by atoms with E-state index in [0.29, 0.717) is 0 Å². The first kappa shape index (κ1) is 14.1. The predicted octanol–water partition coefficient (Wildman–Crippen LogP) is 3.26. The number of methoxy groups -OCH3 is 1. The van der Waals surface area contributed by atoms with Crippen LogP contribution in [0.15, 0.2) is 42.5 Å². The Hall–Kier alpha value is -1.84. The number of ether oxygens (including phenoxy) is 1. The zero-order valence-corrected chi connectivity index (χ0v) is 13.7. The third-order valence-corrected chi connectivity index (χ3v) is 4.68. The van der Waals surface area contributed by atoms with E-state index < -0.39 is 0 Å². The van der Waals surface area contributed by atoms with Crippen LogP contribution in [-0.4, -0.2) is 30.0 Å². The van der Waals surface area contributed by atoms with Gasteiger partial charge in [-0.1, -0.05) is 0 Å². The van der Waals surface area contributed by atoms with Crippen LogP contribution in [-0.2, 0) is 0 Å². The minimum atomic E-state index is 0.00193. The monoisotopic (exact) mass is 347 g/mol. The standard InChI is InChI=1S/C16H17N3OSe/c1-3-13(11-7-9-12(20-2)10-8-11)17-14-5-4-6-15-16(14)19-21-18-15/h4-10,13,17H,3H2,1-2H3. The number of anilines is 1. The van der Waals surface area contributed by atoms with Crippen LogP contribution in [0.1, 0.15) is 24.9 Å². The summed E-state index contributed by atoms with van der Waals surface area (Å²) in [6.07, 6.45) is 0.998. The first-order valence-corrected chi connectivity index (χ1v) is 8.47. The molecule has 1 unspecified atom stereocenters. The van der Waals surface area contributed by atoms with Crippen LogP contribution in [0.3, 0.4) is 0 Å². The third kappa shape index (κ3) is 2.94. The van der Waals surface area contributed by atoms with Crippen molar-refractivity contribution in [2.75, 3.05) is 12.4 Å². The van der Waals surface area contributed by atoms with Crippen molar-refractivity contribution in [3.63, 3.8) is 0 Å². The Kier molecular flexibility index (Phi) is 4.23. The molecule has 1 heterocycles. The van der Waals surface area contributed by atoms with Gasteiger partial charge in [-0.05, 0) is 0 Å². The number of nitrogens with one attached hydrogen (secondary N) is 1. The first-order valence-electron chi connectivity index (χ1n) is 6.93. The molecule has 0 saturated carbocycles. The van der Waals surface area contributed by atoms with E-state index in [0.717, 1.165) is 28.9 Å². The molecule has 1 N–H and O–H groups in total. The van der Waals surface area contributed by atoms with Crippen molar-refractivity contribution < 1.29 is 4.74 Å². The van der Waals surface area contributed by atoms with Gasteiger partial charge in [0, 0.05) is 0 Å². The van der Waals surface area contributed by atoms with Crippen LogP contribution in [0.2, 0.25) is 0 Å². The third-order valence-electron chi connectivity index (χ3n) is 3.54. The van der Waals surface area contributed by atoms with Crippen LogP contribution >= 0.6 is 0 Å². The van der Waals surface area contributed by atoms with Gasteiger partial charge in [-0.3, -0.25) is 0 Å². The summed E-state index contributed by atoms with van der Waals surface area (Å²) in [6, 6.07) is 14.6. The number of nitrogens with zero attached hydrogens (tertiary/aromatic N) is 2. The fourth-order valence-electron chi connectivity index (χ4n) is 2.37. The van der Waals surface area contributed by atoms with Gasteiger partial charge in [0.15, 0.2) is 0 Å². The van der Waals surface area contributed by atoms with Crippen LogP contribution < -0.4 is 10.1 Å². The SMILES string of the molecule is CCC(Nc1cccc2n[se]nc12)c1ccc(OC)cc1. The molecular weight excluding hydrogens is 329 g/mol. The number of hydrogen-bond acceptors (Lipinski definition) is 4. The Labute approximate surface area is 130 Å². The minimum absolute atomic E-state index is 0.00193. The molecule has 0 amide bonds. The predicted molar refractivity (Wildman–Crippen MR) is 86.1 cm³/mol. The molecule has 0 fully saturated rings. The van der Waals surface area contributed by atoms with Crippen LogP contribution in [0.25, 0.3) is 11.0 Å². The number of aromatic nitrogens is 2. The van der Waals surface area contributed by atoms with Gasteiger partial charge in [0.05, 0.1) is 0 Å². The summed E-state index contributed by atoms with van der Waals surface area (Å²) in [5.41, 5.74) is 4.32. The summed E-state index contributed by atoms with van der Waals surface area (Å²) in [4.78, 5) is 0. The van der Waals surface area contributed by atoms with E-state index in [1.807, 2.05) is 24.3 Å². The van der Waals surface area contributed by atoms with Crippen molar-refractivity contribution in [3.8, 4) is 5.75 Å². The maximum atomic E-state index is 5.22. The molecule has 1 atom stereocenters. The van der Waals surface area contributed by atoms with Gasteiger partial charge < -0.3 is 0 Å². The Bertz CT molecular complexity index is 724. The molecule has 5 heteroatoms. The van der Waals surface area contributed by atoms with Crippen molar-refractivity contribution in [2.45, 2.75) is 19.4 Å². The fraction of sp³-hybridized carbons (Fsp3) is 0.250. The van der Waals surface area contributed by atoms with E-state index in [4.69, 9.17) is 4.74 Å². The van der Waals surface area contributed by atoms with Gasteiger partial charge in [0.25, 0.3) is 0 Å². The summed E-state index contributed by atoms with van der Waals surface area (Å²) in [6.45, 7) is 2.18. The summed E-state index contributed by atoms with van der Waals surface area (Å²) in [5, 5.41) is 3.60. The van der Waals surface area contributed by atoms with Crippen molar-refractivity contribution >= 4 is 31.7 Å². The van der Waals surface area contributed by atoms with Crippen molar-refractivity contribution in [2.24, 2.45) is 0 Å². The number of rotatable bonds is 5.